The van der Waals surface area contributed by atoms with Crippen molar-refractivity contribution in [3.63, 3.8) is 0 Å². The molecular formula is C24H22N6O3S2. The number of aryl methyl sites for hydroxylation is 1. The molecule has 9 nitrogen and oxygen atoms in total. The van der Waals surface area contributed by atoms with Crippen LogP contribution in [0, 0.1) is 0 Å². The number of aromatic nitrogens is 4. The normalized spacial score (nSPS) is 19.7. The highest BCUT2D eigenvalue weighted by molar-refractivity contribution is 8.02. The van der Waals surface area contributed by atoms with Gasteiger partial charge in [0.15, 0.2) is 6.10 Å². The van der Waals surface area contributed by atoms with E-state index in [0.29, 0.717) is 16.5 Å². The average Bonchev–Trinajstić information content (AvgIpc) is 3.31. The van der Waals surface area contributed by atoms with Gasteiger partial charge in [-0.15, -0.1) is 16.9 Å². The van der Waals surface area contributed by atoms with E-state index in [4.69, 9.17) is 10.5 Å². The Kier molecular flexibility index (Phi) is 6.71. The third-order valence-corrected chi connectivity index (χ3v) is 7.84. The third-order valence-electron chi connectivity index (χ3n) is 5.69. The van der Waals surface area contributed by atoms with Crippen LogP contribution >= 0.6 is 23.5 Å². The van der Waals surface area contributed by atoms with Gasteiger partial charge in [-0.3, -0.25) is 9.69 Å². The molecule has 0 bridgehead atoms. The fourth-order valence-electron chi connectivity index (χ4n) is 3.90. The molecule has 0 unspecified atom stereocenters. The molecule has 3 heterocycles. The highest BCUT2D eigenvalue weighted by Gasteiger charge is 2.52. The molecule has 0 aliphatic carbocycles. The summed E-state index contributed by atoms with van der Waals surface area (Å²) < 4.78 is 7.63. The zero-order chi connectivity index (χ0) is 24.4. The Labute approximate surface area is 210 Å². The molecular weight excluding hydrogens is 484 g/mol. The van der Waals surface area contributed by atoms with Crippen LogP contribution in [0.1, 0.15) is 17.2 Å². The second-order valence-corrected chi connectivity index (χ2v) is 9.90. The van der Waals surface area contributed by atoms with E-state index in [1.54, 1.807) is 23.2 Å². The molecule has 5 rings (SSSR count). The van der Waals surface area contributed by atoms with Crippen LogP contribution in [0.2, 0.25) is 0 Å². The minimum absolute atomic E-state index is 0.227. The summed E-state index contributed by atoms with van der Waals surface area (Å²) in [6.45, 7) is 0. The number of β-lactam (4-membered cyclic amide) rings is 1. The van der Waals surface area contributed by atoms with Crippen LogP contribution in [-0.4, -0.2) is 54.2 Å². The van der Waals surface area contributed by atoms with Crippen LogP contribution in [0.3, 0.4) is 0 Å². The fourth-order valence-corrected chi connectivity index (χ4v) is 5.79. The number of ether oxygens (including phenoxy) is 1. The number of carbonyl (C=O) groups excluding carboxylic acids is 2. The van der Waals surface area contributed by atoms with Gasteiger partial charge in [0.2, 0.25) is 11.1 Å². The second kappa shape index (κ2) is 10.1. The number of carbonyl (C=O) groups is 2. The Balaban J connectivity index is 1.47. The third kappa shape index (κ3) is 4.62. The lowest BCUT2D eigenvalue weighted by Crippen LogP contribution is -2.68. The number of amides is 1. The molecule has 1 aromatic heterocycles. The smallest absolute Gasteiger partial charge is 0.356 e. The maximum atomic E-state index is 13.7. The first-order chi connectivity index (χ1) is 17.0. The van der Waals surface area contributed by atoms with Gasteiger partial charge in [-0.05, 0) is 38.6 Å². The molecule has 2 aliphatic rings. The van der Waals surface area contributed by atoms with Crippen LogP contribution in [0.5, 0.6) is 0 Å². The maximum absolute atomic E-state index is 13.7. The van der Waals surface area contributed by atoms with Crippen molar-refractivity contribution in [3.05, 3.63) is 94.5 Å². The zero-order valence-corrected chi connectivity index (χ0v) is 20.4. The number of fused-ring (bicyclic) bond motifs is 1. The van der Waals surface area contributed by atoms with E-state index < -0.39 is 18.1 Å². The van der Waals surface area contributed by atoms with E-state index in [0.717, 1.165) is 11.1 Å². The number of hydrogen-bond acceptors (Lipinski definition) is 9. The molecule has 2 atom stereocenters. The van der Waals surface area contributed by atoms with Crippen molar-refractivity contribution < 1.29 is 14.3 Å². The van der Waals surface area contributed by atoms with E-state index in [9.17, 15) is 9.59 Å². The number of allylic oxidation sites excluding steroid dienone is 1. The number of esters is 1. The molecule has 178 valence electrons. The maximum Gasteiger partial charge on any atom is 0.356 e. The van der Waals surface area contributed by atoms with Gasteiger partial charge in [0, 0.05) is 12.8 Å². The summed E-state index contributed by atoms with van der Waals surface area (Å²) >= 11 is 2.84. The lowest BCUT2D eigenvalue weighted by Gasteiger charge is -2.48. The van der Waals surface area contributed by atoms with Crippen molar-refractivity contribution in [2.24, 2.45) is 12.8 Å². The summed E-state index contributed by atoms with van der Waals surface area (Å²) in [5.74, 6) is -0.346. The van der Waals surface area contributed by atoms with Crippen molar-refractivity contribution in [1.82, 2.24) is 25.1 Å². The zero-order valence-electron chi connectivity index (χ0n) is 18.7. The standard InChI is InChI=1S/C24H22N6O3S2/c1-29-24(26-27-28-29)34-13-12-17-14-35-22-18(25)21(31)30(22)19(17)23(32)33-20(15-8-4-2-5-9-15)16-10-6-3-7-11-16/h2-13,18,20,22H,14,25H2,1H3/t18-,22-/m0/s1. The number of nitrogens with two attached hydrogens (primary N) is 1. The molecule has 2 aromatic carbocycles. The minimum Gasteiger partial charge on any atom is -0.448 e. The largest absolute Gasteiger partial charge is 0.448 e. The molecule has 3 aromatic rings. The minimum atomic E-state index is -0.633. The van der Waals surface area contributed by atoms with Crippen molar-refractivity contribution in [3.8, 4) is 0 Å². The van der Waals surface area contributed by atoms with E-state index >= 15 is 0 Å². The van der Waals surface area contributed by atoms with E-state index in [2.05, 4.69) is 15.5 Å². The molecule has 0 radical (unpaired) electrons. The van der Waals surface area contributed by atoms with E-state index in [1.807, 2.05) is 60.7 Å². The molecule has 2 aliphatic heterocycles. The van der Waals surface area contributed by atoms with Crippen molar-refractivity contribution in [2.75, 3.05) is 5.75 Å². The molecule has 35 heavy (non-hydrogen) atoms. The number of hydrogen-bond donors (Lipinski definition) is 1. The molecule has 11 heteroatoms. The summed E-state index contributed by atoms with van der Waals surface area (Å²) in [6.07, 6.45) is 1.18. The van der Waals surface area contributed by atoms with Crippen LogP contribution in [-0.2, 0) is 21.4 Å². The quantitative estimate of drug-likeness (QED) is 0.293. The summed E-state index contributed by atoms with van der Waals surface area (Å²) in [6, 6.07) is 18.4. The van der Waals surface area contributed by atoms with Crippen LogP contribution < -0.4 is 5.73 Å². The average molecular weight is 507 g/mol. The van der Waals surface area contributed by atoms with Gasteiger partial charge < -0.3 is 10.5 Å². The van der Waals surface area contributed by atoms with Crippen molar-refractivity contribution in [2.45, 2.75) is 22.7 Å². The highest BCUT2D eigenvalue weighted by atomic mass is 32.2. The number of tetrazole rings is 1. The molecule has 1 fully saturated rings. The van der Waals surface area contributed by atoms with Crippen LogP contribution in [0.25, 0.3) is 0 Å². The summed E-state index contributed by atoms with van der Waals surface area (Å²) in [5.41, 5.74) is 8.59. The van der Waals surface area contributed by atoms with Gasteiger partial charge >= 0.3 is 5.97 Å². The monoisotopic (exact) mass is 506 g/mol. The summed E-state index contributed by atoms with van der Waals surface area (Å²) in [4.78, 5) is 27.8. The van der Waals surface area contributed by atoms with Crippen LogP contribution in [0.4, 0.5) is 0 Å². The SMILES string of the molecule is Cn1nnnc1SC=CC1=C(C(=O)OC(c2ccccc2)c2ccccc2)N2C(=O)[C@H](N)[C@@H]2SC1. The van der Waals surface area contributed by atoms with Gasteiger partial charge in [0.1, 0.15) is 17.1 Å². The predicted octanol–water partition coefficient (Wildman–Crippen LogP) is 2.65. The first-order valence-corrected chi connectivity index (χ1v) is 12.8. The van der Waals surface area contributed by atoms with Gasteiger partial charge in [0.25, 0.3) is 0 Å². The van der Waals surface area contributed by atoms with Gasteiger partial charge in [-0.1, -0.05) is 72.4 Å². The number of nitrogens with zero attached hydrogens (tertiary/aromatic N) is 5. The summed E-state index contributed by atoms with van der Waals surface area (Å²) in [5, 5.41) is 13.5. The Hall–Kier alpha value is -3.41. The number of benzene rings is 2. The van der Waals surface area contributed by atoms with Gasteiger partial charge in [-0.25, -0.2) is 9.48 Å². The summed E-state index contributed by atoms with van der Waals surface area (Å²) in [7, 11) is 1.74. The van der Waals surface area contributed by atoms with Crippen LogP contribution in [0.15, 0.2) is 88.6 Å². The second-order valence-electron chi connectivity index (χ2n) is 7.92. The highest BCUT2D eigenvalue weighted by Crippen LogP contribution is 2.41. The van der Waals surface area contributed by atoms with Crippen molar-refractivity contribution in [1.29, 1.82) is 0 Å². The Morgan fingerprint density at radius 1 is 1.17 bits per heavy atom. The fraction of sp³-hybridized carbons (Fsp3) is 0.208. The molecule has 0 spiro atoms. The number of thioether (sulfide) groups is 2. The first-order valence-electron chi connectivity index (χ1n) is 10.8. The van der Waals surface area contributed by atoms with Gasteiger partial charge in [0.05, 0.1) is 0 Å². The molecule has 1 amide bonds. The lowest BCUT2D eigenvalue weighted by molar-refractivity contribution is -0.153. The Morgan fingerprint density at radius 3 is 2.43 bits per heavy atom. The van der Waals surface area contributed by atoms with Gasteiger partial charge in [-0.2, -0.15) is 0 Å². The van der Waals surface area contributed by atoms with Crippen molar-refractivity contribution >= 4 is 35.4 Å². The predicted molar refractivity (Wildman–Crippen MR) is 133 cm³/mol. The number of rotatable bonds is 7. The lowest BCUT2D eigenvalue weighted by atomic mass is 10.0. The van der Waals surface area contributed by atoms with E-state index in [1.165, 1.54) is 28.4 Å². The Bertz CT molecular complexity index is 1260. The van der Waals surface area contributed by atoms with E-state index in [-0.39, 0.29) is 17.0 Å². The molecule has 1 saturated heterocycles. The topological polar surface area (TPSA) is 116 Å². The first kappa shape index (κ1) is 23.3. The molecule has 2 N–H and O–H groups in total. The Morgan fingerprint density at radius 2 is 1.83 bits per heavy atom. The molecule has 0 saturated carbocycles.